The number of aliphatic hydroxyl groups is 1. The van der Waals surface area contributed by atoms with E-state index in [9.17, 15) is 8.42 Å². The lowest BCUT2D eigenvalue weighted by Crippen LogP contribution is -2.46. The van der Waals surface area contributed by atoms with E-state index in [0.29, 0.717) is 0 Å². The second-order valence-corrected chi connectivity index (χ2v) is 6.05. The van der Waals surface area contributed by atoms with Crippen molar-refractivity contribution in [3.63, 3.8) is 0 Å². The molecular formula is C8H14ClN3O3S. The molecule has 6 nitrogen and oxygen atoms in total. The van der Waals surface area contributed by atoms with Gasteiger partial charge >= 0.3 is 0 Å². The van der Waals surface area contributed by atoms with E-state index in [1.54, 1.807) is 20.9 Å². The molecule has 0 unspecified atom stereocenters. The van der Waals surface area contributed by atoms with Crippen LogP contribution in [0.3, 0.4) is 0 Å². The van der Waals surface area contributed by atoms with Crippen LogP contribution in [-0.2, 0) is 17.1 Å². The molecule has 16 heavy (non-hydrogen) atoms. The Morgan fingerprint density at radius 2 is 2.19 bits per heavy atom. The number of rotatable bonds is 4. The normalized spacial score (nSPS) is 13.1. The highest BCUT2D eigenvalue weighted by atomic mass is 35.5. The molecule has 0 atom stereocenters. The number of aliphatic hydroxyl groups excluding tert-OH is 1. The summed E-state index contributed by atoms with van der Waals surface area (Å²) in [4.78, 5) is 3.70. The van der Waals surface area contributed by atoms with Gasteiger partial charge in [-0.05, 0) is 13.8 Å². The summed E-state index contributed by atoms with van der Waals surface area (Å²) in [5.74, 6) is 0. The minimum absolute atomic E-state index is 0.0289. The second kappa shape index (κ2) is 4.33. The van der Waals surface area contributed by atoms with E-state index in [2.05, 4.69) is 9.71 Å². The van der Waals surface area contributed by atoms with Gasteiger partial charge in [-0.2, -0.15) is 0 Å². The Morgan fingerprint density at radius 1 is 1.62 bits per heavy atom. The van der Waals surface area contributed by atoms with Gasteiger partial charge in [0.2, 0.25) is 5.03 Å². The molecule has 0 saturated heterocycles. The molecule has 0 aliphatic heterocycles. The van der Waals surface area contributed by atoms with Crippen LogP contribution in [0.1, 0.15) is 13.8 Å². The SMILES string of the molecule is Cn1cnc(S(=O)(=O)NC(C)(C)CO)c1Cl. The van der Waals surface area contributed by atoms with Gasteiger partial charge in [-0.25, -0.2) is 18.1 Å². The van der Waals surface area contributed by atoms with E-state index in [4.69, 9.17) is 16.7 Å². The van der Waals surface area contributed by atoms with E-state index in [0.717, 1.165) is 0 Å². The Morgan fingerprint density at radius 3 is 2.56 bits per heavy atom. The molecule has 0 radical (unpaired) electrons. The number of imidazole rings is 1. The standard InChI is InChI=1S/C8H14ClN3O3S/c1-8(2,4-13)11-16(14,15)7-6(9)12(3)5-10-7/h5,11,13H,4H2,1-3H3. The topological polar surface area (TPSA) is 84.2 Å². The lowest BCUT2D eigenvalue weighted by molar-refractivity contribution is 0.208. The molecule has 1 rings (SSSR count). The maximum Gasteiger partial charge on any atom is 0.261 e. The zero-order chi connectivity index (χ0) is 12.6. The molecule has 0 aliphatic carbocycles. The van der Waals surface area contributed by atoms with Crippen molar-refractivity contribution in [2.45, 2.75) is 24.4 Å². The highest BCUT2D eigenvalue weighted by molar-refractivity contribution is 7.89. The van der Waals surface area contributed by atoms with Crippen LogP contribution in [0.15, 0.2) is 11.4 Å². The van der Waals surface area contributed by atoms with Gasteiger partial charge in [-0.15, -0.1) is 0 Å². The molecule has 8 heteroatoms. The van der Waals surface area contributed by atoms with Gasteiger partial charge in [-0.1, -0.05) is 11.6 Å². The van der Waals surface area contributed by atoms with Crippen LogP contribution in [0.5, 0.6) is 0 Å². The van der Waals surface area contributed by atoms with Gasteiger partial charge < -0.3 is 9.67 Å². The summed E-state index contributed by atoms with van der Waals surface area (Å²) in [5.41, 5.74) is -0.959. The fourth-order valence-corrected chi connectivity index (χ4v) is 2.86. The summed E-state index contributed by atoms with van der Waals surface area (Å²) >= 11 is 5.78. The van der Waals surface area contributed by atoms with Crippen LogP contribution in [0, 0.1) is 0 Å². The molecule has 0 fully saturated rings. The third kappa shape index (κ3) is 2.73. The maximum absolute atomic E-state index is 11.9. The smallest absolute Gasteiger partial charge is 0.261 e. The van der Waals surface area contributed by atoms with Crippen molar-refractivity contribution in [1.82, 2.24) is 14.3 Å². The summed E-state index contributed by atoms with van der Waals surface area (Å²) in [5, 5.41) is 8.78. The van der Waals surface area contributed by atoms with Crippen LogP contribution >= 0.6 is 11.6 Å². The van der Waals surface area contributed by atoms with Crippen molar-refractivity contribution in [1.29, 1.82) is 0 Å². The first-order chi connectivity index (χ1) is 7.19. The van der Waals surface area contributed by atoms with Crippen LogP contribution in [0.4, 0.5) is 0 Å². The third-order valence-corrected chi connectivity index (χ3v) is 4.08. The average Bonchev–Trinajstić information content (AvgIpc) is 2.46. The Kier molecular flexibility index (Phi) is 3.63. The predicted molar refractivity (Wildman–Crippen MR) is 59.7 cm³/mol. The second-order valence-electron chi connectivity index (χ2n) is 4.10. The van der Waals surface area contributed by atoms with Crippen molar-refractivity contribution >= 4 is 21.6 Å². The van der Waals surface area contributed by atoms with Gasteiger partial charge in [-0.3, -0.25) is 0 Å². The molecule has 0 amide bonds. The van der Waals surface area contributed by atoms with Crippen molar-refractivity contribution in [3.8, 4) is 0 Å². The first-order valence-electron chi connectivity index (χ1n) is 4.51. The van der Waals surface area contributed by atoms with Crippen LogP contribution in [-0.4, -0.2) is 35.2 Å². The van der Waals surface area contributed by atoms with Crippen LogP contribution in [0.2, 0.25) is 5.15 Å². The van der Waals surface area contributed by atoms with Gasteiger partial charge in [0.25, 0.3) is 10.0 Å². The predicted octanol–water partition coefficient (Wildman–Crippen LogP) is 0.123. The summed E-state index contributed by atoms with van der Waals surface area (Å²) in [7, 11) is -2.22. The minimum atomic E-state index is -3.81. The van der Waals surface area contributed by atoms with Crippen LogP contribution in [0.25, 0.3) is 0 Å². The highest BCUT2D eigenvalue weighted by Gasteiger charge is 2.29. The zero-order valence-corrected chi connectivity index (χ0v) is 10.8. The number of aryl methyl sites for hydroxylation is 1. The maximum atomic E-state index is 11.9. The first kappa shape index (κ1) is 13.4. The van der Waals surface area contributed by atoms with E-state index in [1.165, 1.54) is 10.9 Å². The summed E-state index contributed by atoms with van der Waals surface area (Å²) < 4.78 is 27.4. The van der Waals surface area contributed by atoms with E-state index in [1.807, 2.05) is 0 Å². The molecule has 2 N–H and O–H groups in total. The summed E-state index contributed by atoms with van der Waals surface area (Å²) in [6.07, 6.45) is 1.31. The molecule has 0 aromatic carbocycles. The number of hydrogen-bond donors (Lipinski definition) is 2. The molecule has 0 spiro atoms. The van der Waals surface area contributed by atoms with Gasteiger partial charge in [0.1, 0.15) is 5.15 Å². The van der Waals surface area contributed by atoms with Gasteiger partial charge in [0, 0.05) is 7.05 Å². The molecule has 92 valence electrons. The highest BCUT2D eigenvalue weighted by Crippen LogP contribution is 2.19. The molecule has 1 aromatic rings. The largest absolute Gasteiger partial charge is 0.394 e. The van der Waals surface area contributed by atoms with E-state index in [-0.39, 0.29) is 16.8 Å². The molecule has 0 bridgehead atoms. The fraction of sp³-hybridized carbons (Fsp3) is 0.625. The first-order valence-corrected chi connectivity index (χ1v) is 6.37. The molecule has 0 aliphatic rings. The number of sulfonamides is 1. The Hall–Kier alpha value is -0.630. The third-order valence-electron chi connectivity index (χ3n) is 1.89. The molecular weight excluding hydrogens is 254 g/mol. The van der Waals surface area contributed by atoms with E-state index >= 15 is 0 Å². The molecule has 0 saturated carbocycles. The number of aromatic nitrogens is 2. The lowest BCUT2D eigenvalue weighted by atomic mass is 10.1. The Labute approximate surface area is 99.3 Å². The van der Waals surface area contributed by atoms with Crippen molar-refractivity contribution in [3.05, 3.63) is 11.5 Å². The van der Waals surface area contributed by atoms with Gasteiger partial charge in [0.15, 0.2) is 0 Å². The summed E-state index contributed by atoms with van der Waals surface area (Å²) in [6.45, 7) is 2.79. The summed E-state index contributed by atoms with van der Waals surface area (Å²) in [6, 6.07) is 0. The number of nitrogens with zero attached hydrogens (tertiary/aromatic N) is 2. The van der Waals surface area contributed by atoms with Gasteiger partial charge in [0.05, 0.1) is 18.5 Å². The minimum Gasteiger partial charge on any atom is -0.394 e. The van der Waals surface area contributed by atoms with Crippen LogP contribution < -0.4 is 4.72 Å². The van der Waals surface area contributed by atoms with Crippen molar-refractivity contribution in [2.24, 2.45) is 7.05 Å². The quantitative estimate of drug-likeness (QED) is 0.812. The van der Waals surface area contributed by atoms with E-state index < -0.39 is 15.6 Å². The molecule has 1 aromatic heterocycles. The number of halogens is 1. The van der Waals surface area contributed by atoms with Crippen molar-refractivity contribution in [2.75, 3.05) is 6.61 Å². The monoisotopic (exact) mass is 267 g/mol. The average molecular weight is 268 g/mol. The van der Waals surface area contributed by atoms with Crippen molar-refractivity contribution < 1.29 is 13.5 Å². The number of hydrogen-bond acceptors (Lipinski definition) is 4. The Bertz CT molecular complexity index is 481. The zero-order valence-electron chi connectivity index (χ0n) is 9.23. The number of nitrogens with one attached hydrogen (secondary N) is 1. The molecule has 1 heterocycles. The lowest BCUT2D eigenvalue weighted by Gasteiger charge is -2.22. The Balaban J connectivity index is 3.09. The fourth-order valence-electron chi connectivity index (χ4n) is 1.02.